The van der Waals surface area contributed by atoms with Gasteiger partial charge in [0.25, 0.3) is 0 Å². The first-order valence-corrected chi connectivity index (χ1v) is 7.23. The van der Waals surface area contributed by atoms with Crippen LogP contribution in [0.5, 0.6) is 5.75 Å². The third kappa shape index (κ3) is 5.61. The number of ether oxygens (including phenoxy) is 1. The quantitative estimate of drug-likeness (QED) is 0.798. The molecule has 2 amide bonds. The fourth-order valence-electron chi connectivity index (χ4n) is 2.00. The molecule has 2 aromatic rings. The van der Waals surface area contributed by atoms with Crippen LogP contribution in [-0.4, -0.2) is 19.2 Å². The van der Waals surface area contributed by atoms with Crippen molar-refractivity contribution in [2.24, 2.45) is 0 Å². The molecular weight excluding hydrogens is 314 g/mol. The average molecular weight is 330 g/mol. The molecule has 124 valence electrons. The molecule has 0 spiro atoms. The summed E-state index contributed by atoms with van der Waals surface area (Å²) in [7, 11) is 0. The summed E-state index contributed by atoms with van der Waals surface area (Å²) in [5.74, 6) is 1.55. The maximum atomic E-state index is 13.0. The summed E-state index contributed by atoms with van der Waals surface area (Å²) in [6.45, 7) is 0.579. The molecule has 0 radical (unpaired) electrons. The highest BCUT2D eigenvalue weighted by molar-refractivity contribution is 5.89. The number of amides is 2. The lowest BCUT2D eigenvalue weighted by molar-refractivity contribution is 0.252. The van der Waals surface area contributed by atoms with Gasteiger partial charge in [0.15, 0.2) is 0 Å². The highest BCUT2D eigenvalue weighted by atomic mass is 19.1. The largest absolute Gasteiger partial charge is 0.481 e. The molecule has 2 rings (SSSR count). The zero-order chi connectivity index (χ0) is 17.4. The van der Waals surface area contributed by atoms with Gasteiger partial charge in [-0.25, -0.2) is 13.6 Å². The summed E-state index contributed by atoms with van der Waals surface area (Å²) in [5, 5.41) is 4.99. The Hall–Kier alpha value is -3.07. The van der Waals surface area contributed by atoms with Gasteiger partial charge < -0.3 is 15.4 Å². The normalized spacial score (nSPS) is 9.88. The molecule has 24 heavy (non-hydrogen) atoms. The molecule has 2 aromatic carbocycles. The minimum Gasteiger partial charge on any atom is -0.481 e. The summed E-state index contributed by atoms with van der Waals surface area (Å²) in [6, 6.07) is 9.61. The van der Waals surface area contributed by atoms with Crippen LogP contribution in [-0.2, 0) is 6.42 Å². The van der Waals surface area contributed by atoms with E-state index in [0.29, 0.717) is 18.7 Å². The fraction of sp³-hybridized carbons (Fsp3) is 0.167. The molecule has 0 bridgehead atoms. The molecule has 0 aliphatic rings. The van der Waals surface area contributed by atoms with Crippen LogP contribution in [0.4, 0.5) is 19.3 Å². The monoisotopic (exact) mass is 330 g/mol. The van der Waals surface area contributed by atoms with E-state index < -0.39 is 17.7 Å². The number of benzene rings is 2. The van der Waals surface area contributed by atoms with Gasteiger partial charge in [-0.2, -0.15) is 0 Å². The Bertz CT molecular complexity index is 719. The number of terminal acetylenes is 1. The first-order valence-electron chi connectivity index (χ1n) is 7.23. The number of carbonyl (C=O) groups is 1. The first kappa shape index (κ1) is 17.3. The highest BCUT2D eigenvalue weighted by Crippen LogP contribution is 2.13. The Labute approximate surface area is 138 Å². The van der Waals surface area contributed by atoms with Crippen molar-refractivity contribution in [3.63, 3.8) is 0 Å². The Morgan fingerprint density at radius 3 is 2.42 bits per heavy atom. The van der Waals surface area contributed by atoms with Crippen LogP contribution in [0.1, 0.15) is 5.56 Å². The summed E-state index contributed by atoms with van der Waals surface area (Å²) in [6.07, 6.45) is 5.71. The lowest BCUT2D eigenvalue weighted by Gasteiger charge is -2.08. The van der Waals surface area contributed by atoms with E-state index in [0.717, 1.165) is 23.8 Å². The van der Waals surface area contributed by atoms with Gasteiger partial charge in [-0.15, -0.1) is 6.42 Å². The van der Waals surface area contributed by atoms with Crippen molar-refractivity contribution in [2.75, 3.05) is 18.5 Å². The van der Waals surface area contributed by atoms with Crippen molar-refractivity contribution in [1.29, 1.82) is 0 Å². The van der Waals surface area contributed by atoms with Crippen molar-refractivity contribution in [1.82, 2.24) is 5.32 Å². The second-order valence-electron chi connectivity index (χ2n) is 4.93. The molecule has 0 aliphatic heterocycles. The average Bonchev–Trinajstić information content (AvgIpc) is 2.53. The zero-order valence-electron chi connectivity index (χ0n) is 12.8. The lowest BCUT2D eigenvalue weighted by Crippen LogP contribution is -2.30. The first-order chi connectivity index (χ1) is 11.6. The van der Waals surface area contributed by atoms with Crippen LogP contribution in [0.15, 0.2) is 42.5 Å². The molecule has 0 aromatic heterocycles. The number of hydrogen-bond acceptors (Lipinski definition) is 2. The van der Waals surface area contributed by atoms with Gasteiger partial charge >= 0.3 is 6.03 Å². The fourth-order valence-corrected chi connectivity index (χ4v) is 2.00. The zero-order valence-corrected chi connectivity index (χ0v) is 12.8. The summed E-state index contributed by atoms with van der Waals surface area (Å²) in [4.78, 5) is 11.7. The minimum absolute atomic E-state index is 0.0556. The molecule has 4 nitrogen and oxygen atoms in total. The van der Waals surface area contributed by atoms with Gasteiger partial charge in [0, 0.05) is 18.3 Å². The number of urea groups is 1. The minimum atomic E-state index is -0.752. The third-order valence-electron chi connectivity index (χ3n) is 3.07. The maximum Gasteiger partial charge on any atom is 0.319 e. The van der Waals surface area contributed by atoms with Gasteiger partial charge in [0.05, 0.1) is 0 Å². The molecule has 0 aliphatic carbocycles. The second-order valence-corrected chi connectivity index (χ2v) is 4.93. The van der Waals surface area contributed by atoms with Gasteiger partial charge in [-0.1, -0.05) is 18.1 Å². The molecule has 0 saturated carbocycles. The van der Waals surface area contributed by atoms with E-state index in [4.69, 9.17) is 11.2 Å². The summed E-state index contributed by atoms with van der Waals surface area (Å²) >= 11 is 0. The van der Waals surface area contributed by atoms with E-state index in [9.17, 15) is 13.6 Å². The van der Waals surface area contributed by atoms with Gasteiger partial charge in [-0.05, 0) is 36.2 Å². The molecule has 2 N–H and O–H groups in total. The van der Waals surface area contributed by atoms with Crippen molar-refractivity contribution in [2.45, 2.75) is 6.42 Å². The Kier molecular flexibility index (Phi) is 6.15. The number of halogens is 2. The van der Waals surface area contributed by atoms with Crippen LogP contribution in [0.3, 0.4) is 0 Å². The van der Waals surface area contributed by atoms with Crippen LogP contribution in [0.25, 0.3) is 0 Å². The maximum absolute atomic E-state index is 13.0. The smallest absolute Gasteiger partial charge is 0.319 e. The highest BCUT2D eigenvalue weighted by Gasteiger charge is 2.05. The SMILES string of the molecule is C#CCOc1ccc(CCNC(=O)Nc2cc(F)cc(F)c2)cc1. The van der Waals surface area contributed by atoms with Gasteiger partial charge in [0.1, 0.15) is 24.0 Å². The van der Waals surface area contributed by atoms with Crippen molar-refractivity contribution in [3.8, 4) is 18.1 Å². The van der Waals surface area contributed by atoms with Gasteiger partial charge in [-0.3, -0.25) is 0 Å². The molecule has 0 unspecified atom stereocenters. The number of hydrogen-bond donors (Lipinski definition) is 2. The molecular formula is C18H16F2N2O2. The predicted molar refractivity (Wildman–Crippen MR) is 87.9 cm³/mol. The molecule has 0 fully saturated rings. The predicted octanol–water partition coefficient (Wildman–Crippen LogP) is 3.34. The second kappa shape index (κ2) is 8.53. The Morgan fingerprint density at radius 1 is 1.12 bits per heavy atom. The van der Waals surface area contributed by atoms with E-state index in [1.54, 1.807) is 12.1 Å². The Balaban J connectivity index is 1.77. The Morgan fingerprint density at radius 2 is 1.79 bits per heavy atom. The van der Waals surface area contributed by atoms with Gasteiger partial charge in [0.2, 0.25) is 0 Å². The van der Waals surface area contributed by atoms with E-state index in [1.807, 2.05) is 12.1 Å². The number of nitrogens with one attached hydrogen (secondary N) is 2. The van der Waals surface area contributed by atoms with Crippen LogP contribution in [0, 0.1) is 24.0 Å². The third-order valence-corrected chi connectivity index (χ3v) is 3.07. The van der Waals surface area contributed by atoms with Crippen molar-refractivity contribution >= 4 is 11.7 Å². The molecule has 6 heteroatoms. The molecule has 0 atom stereocenters. The van der Waals surface area contributed by atoms with E-state index >= 15 is 0 Å². The summed E-state index contributed by atoms with van der Waals surface area (Å²) in [5.41, 5.74) is 1.06. The van der Waals surface area contributed by atoms with Crippen molar-refractivity contribution in [3.05, 3.63) is 59.7 Å². The lowest BCUT2D eigenvalue weighted by atomic mass is 10.1. The number of rotatable bonds is 6. The van der Waals surface area contributed by atoms with E-state index in [-0.39, 0.29) is 12.3 Å². The summed E-state index contributed by atoms with van der Waals surface area (Å²) < 4.78 is 31.3. The standard InChI is InChI=1S/C18H16F2N2O2/c1-2-9-24-17-5-3-13(4-6-17)7-8-21-18(23)22-16-11-14(19)10-15(20)12-16/h1,3-6,10-12H,7-9H2,(H2,21,22,23). The van der Waals surface area contributed by atoms with E-state index in [1.165, 1.54) is 0 Å². The molecule has 0 saturated heterocycles. The van der Waals surface area contributed by atoms with Crippen LogP contribution in [0.2, 0.25) is 0 Å². The van der Waals surface area contributed by atoms with Crippen LogP contribution < -0.4 is 15.4 Å². The number of carbonyl (C=O) groups excluding carboxylic acids is 1. The van der Waals surface area contributed by atoms with Crippen molar-refractivity contribution < 1.29 is 18.3 Å². The van der Waals surface area contributed by atoms with E-state index in [2.05, 4.69) is 16.6 Å². The van der Waals surface area contributed by atoms with Crippen LogP contribution >= 0.6 is 0 Å². The molecule has 0 heterocycles. The topological polar surface area (TPSA) is 50.4 Å². The number of anilines is 1.